The fourth-order valence-corrected chi connectivity index (χ4v) is 1.93. The van der Waals surface area contributed by atoms with Gasteiger partial charge in [-0.1, -0.05) is 12.1 Å². The molecule has 1 atom stereocenters. The first-order chi connectivity index (χ1) is 9.69. The van der Waals surface area contributed by atoms with Crippen LogP contribution in [0.2, 0.25) is 0 Å². The number of hydrogen-bond donors (Lipinski definition) is 1. The van der Waals surface area contributed by atoms with Gasteiger partial charge in [0.1, 0.15) is 11.5 Å². The molecule has 1 aromatic carbocycles. The zero-order valence-electron chi connectivity index (χ0n) is 11.9. The van der Waals surface area contributed by atoms with Gasteiger partial charge in [0.2, 0.25) is 0 Å². The van der Waals surface area contributed by atoms with Gasteiger partial charge in [-0.05, 0) is 36.2 Å². The average molecular weight is 272 g/mol. The minimum absolute atomic E-state index is 0.109. The highest BCUT2D eigenvalue weighted by molar-refractivity contribution is 5.28. The maximum Gasteiger partial charge on any atom is 0.137 e. The van der Waals surface area contributed by atoms with Crippen molar-refractivity contribution in [3.63, 3.8) is 0 Å². The number of rotatable bonds is 6. The number of benzene rings is 1. The van der Waals surface area contributed by atoms with Crippen LogP contribution in [-0.2, 0) is 0 Å². The fraction of sp³-hybridized carbons (Fsp3) is 0.312. The van der Waals surface area contributed by atoms with Gasteiger partial charge in [0.05, 0.1) is 19.9 Å². The summed E-state index contributed by atoms with van der Waals surface area (Å²) in [5.41, 5.74) is 8.28. The van der Waals surface area contributed by atoms with Crippen LogP contribution >= 0.6 is 0 Å². The number of aromatic nitrogens is 1. The van der Waals surface area contributed by atoms with Crippen molar-refractivity contribution in [1.29, 1.82) is 0 Å². The van der Waals surface area contributed by atoms with E-state index in [1.54, 1.807) is 19.5 Å². The Morgan fingerprint density at radius 1 is 1.20 bits per heavy atom. The van der Waals surface area contributed by atoms with Crippen molar-refractivity contribution in [1.82, 2.24) is 4.98 Å². The van der Waals surface area contributed by atoms with E-state index in [-0.39, 0.29) is 6.04 Å². The Morgan fingerprint density at radius 2 is 2.05 bits per heavy atom. The van der Waals surface area contributed by atoms with Gasteiger partial charge in [-0.3, -0.25) is 4.98 Å². The average Bonchev–Trinajstić information content (AvgIpc) is 2.47. The quantitative estimate of drug-likeness (QED) is 0.878. The van der Waals surface area contributed by atoms with E-state index in [0.717, 1.165) is 23.5 Å². The molecule has 2 N–H and O–H groups in total. The predicted molar refractivity (Wildman–Crippen MR) is 79.0 cm³/mol. The first kappa shape index (κ1) is 14.3. The van der Waals surface area contributed by atoms with Crippen LogP contribution < -0.4 is 15.2 Å². The second-order valence-electron chi connectivity index (χ2n) is 4.72. The van der Waals surface area contributed by atoms with Crippen molar-refractivity contribution < 1.29 is 9.47 Å². The number of hydrogen-bond acceptors (Lipinski definition) is 4. The maximum atomic E-state index is 6.14. The van der Waals surface area contributed by atoms with Gasteiger partial charge in [0, 0.05) is 18.7 Å². The Kier molecular flexibility index (Phi) is 4.96. The fourth-order valence-electron chi connectivity index (χ4n) is 1.93. The molecule has 0 radical (unpaired) electrons. The number of nitrogens with two attached hydrogens (primary N) is 1. The number of pyridine rings is 1. The summed E-state index contributed by atoms with van der Waals surface area (Å²) in [6.45, 7) is 2.61. The Hall–Kier alpha value is -2.07. The Bertz CT molecular complexity index is 558. The molecule has 1 unspecified atom stereocenters. The van der Waals surface area contributed by atoms with Gasteiger partial charge >= 0.3 is 0 Å². The van der Waals surface area contributed by atoms with E-state index in [2.05, 4.69) is 4.98 Å². The summed E-state index contributed by atoms with van der Waals surface area (Å²) in [6.07, 6.45) is 4.15. The van der Waals surface area contributed by atoms with Crippen LogP contribution in [0.1, 0.15) is 23.6 Å². The van der Waals surface area contributed by atoms with E-state index in [9.17, 15) is 0 Å². The summed E-state index contributed by atoms with van der Waals surface area (Å²) >= 11 is 0. The lowest BCUT2D eigenvalue weighted by atomic mass is 10.1. The zero-order chi connectivity index (χ0) is 14.4. The summed E-state index contributed by atoms with van der Waals surface area (Å²) in [4.78, 5) is 4.11. The molecule has 20 heavy (non-hydrogen) atoms. The third-order valence-electron chi connectivity index (χ3n) is 3.09. The second kappa shape index (κ2) is 6.91. The minimum atomic E-state index is -0.109. The molecule has 0 aliphatic rings. The molecule has 0 aliphatic carbocycles. The van der Waals surface area contributed by atoms with Crippen molar-refractivity contribution in [3.05, 3.63) is 53.9 Å². The standard InChI is InChI=1S/C16H20N2O2/c1-12-4-3-5-14(8-12)20-7-6-16(17)13-9-15(19-2)11-18-10-13/h3-5,8-11,16H,6-7,17H2,1-2H3. The SMILES string of the molecule is COc1cncc(C(N)CCOc2cccc(C)c2)c1. The Balaban J connectivity index is 1.87. The van der Waals surface area contributed by atoms with Crippen LogP contribution in [0.5, 0.6) is 11.5 Å². The molecular weight excluding hydrogens is 252 g/mol. The molecule has 2 rings (SSSR count). The van der Waals surface area contributed by atoms with Gasteiger partial charge in [0.25, 0.3) is 0 Å². The van der Waals surface area contributed by atoms with Crippen molar-refractivity contribution in [3.8, 4) is 11.5 Å². The van der Waals surface area contributed by atoms with Gasteiger partial charge in [-0.25, -0.2) is 0 Å². The summed E-state index contributed by atoms with van der Waals surface area (Å²) in [6, 6.07) is 9.79. The highest BCUT2D eigenvalue weighted by Crippen LogP contribution is 2.19. The lowest BCUT2D eigenvalue weighted by molar-refractivity contribution is 0.298. The van der Waals surface area contributed by atoms with E-state index in [1.807, 2.05) is 37.3 Å². The molecule has 0 saturated heterocycles. The molecule has 0 spiro atoms. The highest BCUT2D eigenvalue weighted by Gasteiger charge is 2.08. The Labute approximate surface area is 119 Å². The van der Waals surface area contributed by atoms with Gasteiger partial charge in [0.15, 0.2) is 0 Å². The van der Waals surface area contributed by atoms with Crippen LogP contribution in [0, 0.1) is 6.92 Å². The molecule has 4 heteroatoms. The predicted octanol–water partition coefficient (Wildman–Crippen LogP) is 2.87. The smallest absolute Gasteiger partial charge is 0.137 e. The molecule has 0 bridgehead atoms. The minimum Gasteiger partial charge on any atom is -0.495 e. The summed E-state index contributed by atoms with van der Waals surface area (Å²) < 4.78 is 10.8. The molecule has 0 amide bonds. The lowest BCUT2D eigenvalue weighted by Gasteiger charge is -2.13. The highest BCUT2D eigenvalue weighted by atomic mass is 16.5. The van der Waals surface area contributed by atoms with Crippen molar-refractivity contribution in [2.24, 2.45) is 5.73 Å². The van der Waals surface area contributed by atoms with Crippen LogP contribution in [0.25, 0.3) is 0 Å². The zero-order valence-corrected chi connectivity index (χ0v) is 11.9. The first-order valence-corrected chi connectivity index (χ1v) is 6.63. The molecule has 0 saturated carbocycles. The second-order valence-corrected chi connectivity index (χ2v) is 4.72. The largest absolute Gasteiger partial charge is 0.495 e. The van der Waals surface area contributed by atoms with Crippen molar-refractivity contribution in [2.45, 2.75) is 19.4 Å². The van der Waals surface area contributed by atoms with Crippen LogP contribution in [-0.4, -0.2) is 18.7 Å². The van der Waals surface area contributed by atoms with Crippen LogP contribution in [0.3, 0.4) is 0 Å². The van der Waals surface area contributed by atoms with Gasteiger partial charge < -0.3 is 15.2 Å². The number of ether oxygens (including phenoxy) is 2. The third-order valence-corrected chi connectivity index (χ3v) is 3.09. The summed E-state index contributed by atoms with van der Waals surface area (Å²) in [5, 5.41) is 0. The van der Waals surface area contributed by atoms with Crippen LogP contribution in [0.15, 0.2) is 42.7 Å². The Morgan fingerprint density at radius 3 is 2.80 bits per heavy atom. The summed E-state index contributed by atoms with van der Waals surface area (Å²) in [7, 11) is 1.62. The molecule has 2 aromatic rings. The molecule has 4 nitrogen and oxygen atoms in total. The molecule has 0 fully saturated rings. The molecule has 1 heterocycles. The molecule has 0 aliphatic heterocycles. The topological polar surface area (TPSA) is 57.4 Å². The molecule has 1 aromatic heterocycles. The van der Waals surface area contributed by atoms with Gasteiger partial charge in [-0.2, -0.15) is 0 Å². The normalized spacial score (nSPS) is 11.9. The number of aryl methyl sites for hydroxylation is 1. The van der Waals surface area contributed by atoms with E-state index in [1.165, 1.54) is 5.56 Å². The molecular formula is C16H20N2O2. The van der Waals surface area contributed by atoms with Crippen molar-refractivity contribution >= 4 is 0 Å². The number of nitrogens with zero attached hydrogens (tertiary/aromatic N) is 1. The van der Waals surface area contributed by atoms with E-state index in [4.69, 9.17) is 15.2 Å². The van der Waals surface area contributed by atoms with E-state index < -0.39 is 0 Å². The number of methoxy groups -OCH3 is 1. The van der Waals surface area contributed by atoms with E-state index in [0.29, 0.717) is 6.61 Å². The monoisotopic (exact) mass is 272 g/mol. The summed E-state index contributed by atoms with van der Waals surface area (Å²) in [5.74, 6) is 1.60. The van der Waals surface area contributed by atoms with E-state index >= 15 is 0 Å². The first-order valence-electron chi connectivity index (χ1n) is 6.63. The lowest BCUT2D eigenvalue weighted by Crippen LogP contribution is -2.14. The maximum absolute atomic E-state index is 6.14. The molecule has 106 valence electrons. The van der Waals surface area contributed by atoms with Crippen molar-refractivity contribution in [2.75, 3.05) is 13.7 Å². The third kappa shape index (κ3) is 3.96. The van der Waals surface area contributed by atoms with Gasteiger partial charge in [-0.15, -0.1) is 0 Å². The van der Waals surface area contributed by atoms with Crippen LogP contribution in [0.4, 0.5) is 0 Å².